The molecule has 0 aliphatic carbocycles. The van der Waals surface area contributed by atoms with Gasteiger partial charge in [0.15, 0.2) is 0 Å². The quantitative estimate of drug-likeness (QED) is 0.522. The first-order valence-electron chi connectivity index (χ1n) is 5.60. The third kappa shape index (κ3) is 3.15. The van der Waals surface area contributed by atoms with Crippen molar-refractivity contribution in [2.75, 3.05) is 11.9 Å². The predicted molar refractivity (Wildman–Crippen MR) is 65.6 cm³/mol. The number of nitro benzene ring substituents is 1. The molecule has 0 aliphatic rings. The van der Waals surface area contributed by atoms with E-state index in [-0.39, 0.29) is 22.4 Å². The molecule has 0 fully saturated rings. The van der Waals surface area contributed by atoms with E-state index in [1.165, 1.54) is 12.1 Å². The maximum absolute atomic E-state index is 12.9. The Labute approximate surface area is 115 Å². The van der Waals surface area contributed by atoms with Crippen molar-refractivity contribution in [3.63, 3.8) is 0 Å². The van der Waals surface area contributed by atoms with E-state index in [0.29, 0.717) is 0 Å². The third-order valence-electron chi connectivity index (χ3n) is 2.64. The molecule has 6 nitrogen and oxygen atoms in total. The molecule has 0 aliphatic heterocycles. The Balaban J connectivity index is 2.35. The number of hydrogen-bond donors (Lipinski definition) is 1. The highest BCUT2D eigenvalue weighted by molar-refractivity contribution is 5.90. The van der Waals surface area contributed by atoms with Crippen LogP contribution in [0.4, 0.5) is 29.1 Å². The number of nitrogens with one attached hydrogen (secondary N) is 1. The molecule has 1 aromatic carbocycles. The van der Waals surface area contributed by atoms with Crippen LogP contribution in [0.15, 0.2) is 24.5 Å². The number of nitro groups is 1. The number of hydrogen-bond acceptors (Lipinski definition) is 5. The maximum Gasteiger partial charge on any atom is 0.324 e. The number of halogens is 4. The van der Waals surface area contributed by atoms with Gasteiger partial charge in [-0.05, 0) is 6.07 Å². The van der Waals surface area contributed by atoms with Gasteiger partial charge in [0.05, 0.1) is 17.0 Å². The number of aromatic nitrogens is 2. The van der Waals surface area contributed by atoms with Crippen LogP contribution in [0.2, 0.25) is 0 Å². The maximum atomic E-state index is 12.9. The standard InChI is InChI=1S/C11H8F4N4O2/c12-10(13)11(14,15)4-16-9-7-3-6(19(20)21)1-2-8(7)17-5-18-9/h1-3,5,10H,4H2,(H,16,17,18). The molecule has 0 radical (unpaired) electrons. The second-order valence-corrected chi connectivity index (χ2v) is 4.10. The van der Waals surface area contributed by atoms with E-state index in [1.54, 1.807) is 0 Å². The molecule has 1 aromatic heterocycles. The summed E-state index contributed by atoms with van der Waals surface area (Å²) in [5, 5.41) is 12.9. The largest absolute Gasteiger partial charge is 0.363 e. The second-order valence-electron chi connectivity index (χ2n) is 4.10. The van der Waals surface area contributed by atoms with E-state index in [1.807, 2.05) is 0 Å². The minimum atomic E-state index is -4.24. The van der Waals surface area contributed by atoms with Gasteiger partial charge < -0.3 is 5.32 Å². The van der Waals surface area contributed by atoms with E-state index in [9.17, 15) is 27.7 Å². The van der Waals surface area contributed by atoms with Gasteiger partial charge in [0.25, 0.3) is 5.69 Å². The lowest BCUT2D eigenvalue weighted by atomic mass is 10.2. The van der Waals surface area contributed by atoms with Gasteiger partial charge in [-0.2, -0.15) is 8.78 Å². The van der Waals surface area contributed by atoms with Crippen LogP contribution < -0.4 is 5.32 Å². The van der Waals surface area contributed by atoms with Gasteiger partial charge in [0.2, 0.25) is 0 Å². The summed E-state index contributed by atoms with van der Waals surface area (Å²) in [6, 6.07) is 3.58. The Kier molecular flexibility index (Phi) is 3.87. The Morgan fingerprint density at radius 1 is 1.33 bits per heavy atom. The average molecular weight is 304 g/mol. The average Bonchev–Trinajstić information content (AvgIpc) is 2.44. The van der Waals surface area contributed by atoms with E-state index in [4.69, 9.17) is 0 Å². The fourth-order valence-corrected chi connectivity index (χ4v) is 1.58. The van der Waals surface area contributed by atoms with Crippen LogP contribution in [0.1, 0.15) is 0 Å². The Morgan fingerprint density at radius 2 is 2.05 bits per heavy atom. The third-order valence-corrected chi connectivity index (χ3v) is 2.64. The highest BCUT2D eigenvalue weighted by Gasteiger charge is 2.40. The molecule has 10 heteroatoms. The molecule has 1 heterocycles. The molecule has 0 unspecified atom stereocenters. The number of nitrogens with zero attached hydrogens (tertiary/aromatic N) is 3. The normalized spacial score (nSPS) is 11.9. The molecule has 0 saturated carbocycles. The van der Waals surface area contributed by atoms with Crippen LogP contribution in [0, 0.1) is 10.1 Å². The van der Waals surface area contributed by atoms with Gasteiger partial charge in [-0.3, -0.25) is 10.1 Å². The molecule has 0 bridgehead atoms. The van der Waals surface area contributed by atoms with Crippen LogP contribution >= 0.6 is 0 Å². The summed E-state index contributed by atoms with van der Waals surface area (Å²) in [6.45, 7) is -1.35. The first kappa shape index (κ1) is 14.9. The Bertz CT molecular complexity index is 680. The fraction of sp³-hybridized carbons (Fsp3) is 0.273. The minimum absolute atomic E-state index is 0.0942. The van der Waals surface area contributed by atoms with Crippen molar-refractivity contribution >= 4 is 22.4 Å². The van der Waals surface area contributed by atoms with Crippen LogP contribution in [0.3, 0.4) is 0 Å². The zero-order chi connectivity index (χ0) is 15.6. The first-order valence-corrected chi connectivity index (χ1v) is 5.60. The summed E-state index contributed by atoms with van der Waals surface area (Å²) in [5.74, 6) is -4.41. The summed E-state index contributed by atoms with van der Waals surface area (Å²) in [7, 11) is 0. The molecule has 0 spiro atoms. The molecule has 112 valence electrons. The van der Waals surface area contributed by atoms with Crippen LogP contribution in [-0.2, 0) is 0 Å². The van der Waals surface area contributed by atoms with Gasteiger partial charge >= 0.3 is 12.3 Å². The number of alkyl halides is 4. The van der Waals surface area contributed by atoms with Gasteiger partial charge in [-0.1, -0.05) is 0 Å². The highest BCUT2D eigenvalue weighted by atomic mass is 19.3. The smallest absolute Gasteiger partial charge is 0.324 e. The van der Waals surface area contributed by atoms with Crippen LogP contribution in [0.5, 0.6) is 0 Å². The second kappa shape index (κ2) is 5.46. The van der Waals surface area contributed by atoms with Crippen molar-refractivity contribution in [2.45, 2.75) is 12.3 Å². The van der Waals surface area contributed by atoms with Crippen molar-refractivity contribution in [2.24, 2.45) is 0 Å². The lowest BCUT2D eigenvalue weighted by Crippen LogP contribution is -2.35. The molecule has 1 N–H and O–H groups in total. The van der Waals surface area contributed by atoms with Gasteiger partial charge in [0.1, 0.15) is 12.1 Å². The van der Waals surface area contributed by atoms with Crippen molar-refractivity contribution in [3.05, 3.63) is 34.6 Å². The van der Waals surface area contributed by atoms with Gasteiger partial charge in [-0.25, -0.2) is 18.7 Å². The SMILES string of the molecule is O=[N+]([O-])c1ccc2ncnc(NCC(F)(F)C(F)F)c2c1. The van der Waals surface area contributed by atoms with Gasteiger partial charge in [0, 0.05) is 17.5 Å². The monoisotopic (exact) mass is 304 g/mol. The number of rotatable bonds is 5. The minimum Gasteiger partial charge on any atom is -0.363 e. The van der Waals surface area contributed by atoms with Crippen molar-refractivity contribution in [1.29, 1.82) is 0 Å². The van der Waals surface area contributed by atoms with Gasteiger partial charge in [-0.15, -0.1) is 0 Å². The summed E-state index contributed by atoms with van der Waals surface area (Å²) in [5.41, 5.74) is -0.0283. The summed E-state index contributed by atoms with van der Waals surface area (Å²) in [6.07, 6.45) is -2.79. The van der Waals surface area contributed by atoms with E-state index in [0.717, 1.165) is 12.4 Å². The fourth-order valence-electron chi connectivity index (χ4n) is 1.58. The van der Waals surface area contributed by atoms with Crippen molar-refractivity contribution in [1.82, 2.24) is 9.97 Å². The Hall–Kier alpha value is -2.52. The molecule has 0 amide bonds. The number of benzene rings is 1. The van der Waals surface area contributed by atoms with Crippen molar-refractivity contribution in [3.8, 4) is 0 Å². The summed E-state index contributed by atoms with van der Waals surface area (Å²) < 4.78 is 49.9. The first-order chi connectivity index (χ1) is 9.81. The summed E-state index contributed by atoms with van der Waals surface area (Å²) >= 11 is 0. The topological polar surface area (TPSA) is 81.0 Å². The Morgan fingerprint density at radius 3 is 2.67 bits per heavy atom. The molecule has 21 heavy (non-hydrogen) atoms. The number of fused-ring (bicyclic) bond motifs is 1. The zero-order valence-corrected chi connectivity index (χ0v) is 10.3. The lowest BCUT2D eigenvalue weighted by Gasteiger charge is -2.16. The van der Waals surface area contributed by atoms with Crippen molar-refractivity contribution < 1.29 is 22.5 Å². The predicted octanol–water partition coefficient (Wildman–Crippen LogP) is 2.85. The van der Waals surface area contributed by atoms with E-state index < -0.39 is 23.8 Å². The van der Waals surface area contributed by atoms with E-state index >= 15 is 0 Å². The molecule has 0 atom stereocenters. The molecule has 2 aromatic rings. The molecular weight excluding hydrogens is 296 g/mol. The molecule has 0 saturated heterocycles. The molecular formula is C11H8F4N4O2. The van der Waals surface area contributed by atoms with Crippen LogP contribution in [0.25, 0.3) is 10.9 Å². The lowest BCUT2D eigenvalue weighted by molar-refractivity contribution is -0.384. The summed E-state index contributed by atoms with van der Waals surface area (Å²) in [4.78, 5) is 17.5. The van der Waals surface area contributed by atoms with E-state index in [2.05, 4.69) is 15.3 Å². The molecule has 2 rings (SSSR count). The van der Waals surface area contributed by atoms with Crippen LogP contribution in [-0.4, -0.2) is 33.8 Å². The number of non-ortho nitro benzene ring substituents is 1. The highest BCUT2D eigenvalue weighted by Crippen LogP contribution is 2.27. The zero-order valence-electron chi connectivity index (χ0n) is 10.3. The number of anilines is 1.